The number of aromatic nitrogens is 2. The molecule has 0 fully saturated rings. The van der Waals surface area contributed by atoms with E-state index in [1.165, 1.54) is 0 Å². The van der Waals surface area contributed by atoms with Gasteiger partial charge in [0.1, 0.15) is 11.7 Å². The maximum atomic E-state index is 11.8. The summed E-state index contributed by atoms with van der Waals surface area (Å²) in [5.74, 6) is -0.315. The second kappa shape index (κ2) is 4.85. The summed E-state index contributed by atoms with van der Waals surface area (Å²) in [4.78, 5) is 16.2. The fourth-order valence-corrected chi connectivity index (χ4v) is 2.75. The van der Waals surface area contributed by atoms with Crippen LogP contribution in [0.15, 0.2) is 59.0 Å². The van der Waals surface area contributed by atoms with Gasteiger partial charge in [-0.15, -0.1) is 5.11 Å². The number of rotatable bonds is 2. The summed E-state index contributed by atoms with van der Waals surface area (Å²) in [7, 11) is 0. The van der Waals surface area contributed by atoms with Crippen molar-refractivity contribution in [2.24, 2.45) is 16.0 Å². The Kier molecular flexibility index (Phi) is 2.83. The van der Waals surface area contributed by atoms with E-state index in [1.54, 1.807) is 6.07 Å². The van der Waals surface area contributed by atoms with E-state index < -0.39 is 0 Å². The zero-order valence-electron chi connectivity index (χ0n) is 11.7. The van der Waals surface area contributed by atoms with Crippen LogP contribution in [0.2, 0.25) is 0 Å². The summed E-state index contributed by atoms with van der Waals surface area (Å²) in [6, 6.07) is 11.2. The molecule has 0 radical (unpaired) electrons. The molecule has 3 aromatic rings. The number of hydrogen-bond donors (Lipinski definition) is 1. The maximum Gasteiger partial charge on any atom is 0.295 e. The normalized spacial score (nSPS) is 17.0. The summed E-state index contributed by atoms with van der Waals surface area (Å²) < 4.78 is 2.01. The summed E-state index contributed by atoms with van der Waals surface area (Å²) in [6.07, 6.45) is 3.78. The summed E-state index contributed by atoms with van der Waals surface area (Å²) in [5, 5.41) is 7.64. The molecule has 0 spiro atoms. The molecular formula is C16H13N5O. The Morgan fingerprint density at radius 3 is 3.00 bits per heavy atom. The minimum atomic E-state index is -0.315. The number of carbonyl (C=O) groups is 1. The highest BCUT2D eigenvalue weighted by Gasteiger charge is 2.23. The second-order valence-electron chi connectivity index (χ2n) is 5.15. The van der Waals surface area contributed by atoms with Crippen LogP contribution in [0, 0.1) is 0 Å². The van der Waals surface area contributed by atoms with Gasteiger partial charge in [-0.3, -0.25) is 9.20 Å². The predicted molar refractivity (Wildman–Crippen MR) is 81.6 cm³/mol. The maximum absolute atomic E-state index is 11.8. The lowest BCUT2D eigenvalue weighted by atomic mass is 9.95. The van der Waals surface area contributed by atoms with Crippen LogP contribution < -0.4 is 5.73 Å². The van der Waals surface area contributed by atoms with Gasteiger partial charge < -0.3 is 5.73 Å². The van der Waals surface area contributed by atoms with Crippen LogP contribution in [0.4, 0.5) is 0 Å². The number of azo groups is 1. The quantitative estimate of drug-likeness (QED) is 0.787. The number of nitrogens with two attached hydrogens (primary N) is 1. The van der Waals surface area contributed by atoms with Crippen LogP contribution in [0.5, 0.6) is 0 Å². The van der Waals surface area contributed by atoms with Gasteiger partial charge in [0, 0.05) is 23.9 Å². The first-order valence-electron chi connectivity index (χ1n) is 6.99. The topological polar surface area (TPSA) is 85.1 Å². The lowest BCUT2D eigenvalue weighted by Gasteiger charge is -2.17. The predicted octanol–water partition coefficient (Wildman–Crippen LogP) is 2.61. The molecule has 1 aliphatic rings. The van der Waals surface area contributed by atoms with Crippen LogP contribution >= 0.6 is 0 Å². The molecule has 0 aliphatic carbocycles. The molecule has 1 unspecified atom stereocenters. The van der Waals surface area contributed by atoms with Crippen LogP contribution in [-0.2, 0) is 0 Å². The average Bonchev–Trinajstić information content (AvgIpc) is 2.99. The minimum absolute atomic E-state index is 0.271. The van der Waals surface area contributed by atoms with E-state index in [4.69, 9.17) is 5.73 Å². The van der Waals surface area contributed by atoms with Crippen molar-refractivity contribution in [3.63, 3.8) is 0 Å². The second-order valence-corrected chi connectivity index (χ2v) is 5.15. The highest BCUT2D eigenvalue weighted by atomic mass is 16.1. The van der Waals surface area contributed by atoms with Gasteiger partial charge >= 0.3 is 0 Å². The van der Waals surface area contributed by atoms with Crippen molar-refractivity contribution in [1.29, 1.82) is 0 Å². The molecule has 1 atom stereocenters. The summed E-state index contributed by atoms with van der Waals surface area (Å²) in [5.41, 5.74) is 9.95. The molecule has 0 bridgehead atoms. The SMILES string of the molecule is NCC1N=NC(=O)c2ccc(-c3cnc4ccccn34)cc21. The van der Waals surface area contributed by atoms with Crippen LogP contribution in [-0.4, -0.2) is 21.8 Å². The van der Waals surface area contributed by atoms with Gasteiger partial charge in [-0.1, -0.05) is 12.1 Å². The monoisotopic (exact) mass is 291 g/mol. The number of benzene rings is 1. The fourth-order valence-electron chi connectivity index (χ4n) is 2.75. The molecular weight excluding hydrogens is 278 g/mol. The van der Waals surface area contributed by atoms with Crippen LogP contribution in [0.3, 0.4) is 0 Å². The van der Waals surface area contributed by atoms with Crippen LogP contribution in [0.1, 0.15) is 22.0 Å². The highest BCUT2D eigenvalue weighted by Crippen LogP contribution is 2.31. The third kappa shape index (κ3) is 1.85. The van der Waals surface area contributed by atoms with Gasteiger partial charge in [-0.2, -0.15) is 5.11 Å². The number of pyridine rings is 1. The van der Waals surface area contributed by atoms with Crippen molar-refractivity contribution >= 4 is 11.6 Å². The molecule has 3 heterocycles. The van der Waals surface area contributed by atoms with Gasteiger partial charge in [-0.05, 0) is 29.8 Å². The number of carbonyl (C=O) groups excluding carboxylic acids is 1. The van der Waals surface area contributed by atoms with E-state index in [-0.39, 0.29) is 11.9 Å². The molecule has 1 aliphatic heterocycles. The molecule has 2 N–H and O–H groups in total. The van der Waals surface area contributed by atoms with Crippen molar-refractivity contribution in [3.8, 4) is 11.3 Å². The van der Waals surface area contributed by atoms with Gasteiger partial charge in [0.15, 0.2) is 0 Å². The largest absolute Gasteiger partial charge is 0.328 e. The number of imidazole rings is 1. The first-order chi connectivity index (χ1) is 10.8. The van der Waals surface area contributed by atoms with E-state index in [2.05, 4.69) is 15.2 Å². The van der Waals surface area contributed by atoms with Gasteiger partial charge in [0.05, 0.1) is 11.9 Å². The van der Waals surface area contributed by atoms with Gasteiger partial charge in [0.25, 0.3) is 5.91 Å². The fraction of sp³-hybridized carbons (Fsp3) is 0.125. The Morgan fingerprint density at radius 1 is 1.23 bits per heavy atom. The Balaban J connectivity index is 1.90. The van der Waals surface area contributed by atoms with E-state index in [0.29, 0.717) is 12.1 Å². The molecule has 108 valence electrons. The van der Waals surface area contributed by atoms with Crippen molar-refractivity contribution in [3.05, 3.63) is 59.9 Å². The van der Waals surface area contributed by atoms with Gasteiger partial charge in [-0.25, -0.2) is 4.98 Å². The third-order valence-corrected chi connectivity index (χ3v) is 3.86. The molecule has 0 saturated carbocycles. The third-order valence-electron chi connectivity index (χ3n) is 3.86. The molecule has 6 nitrogen and oxygen atoms in total. The van der Waals surface area contributed by atoms with E-state index >= 15 is 0 Å². The highest BCUT2D eigenvalue weighted by molar-refractivity contribution is 5.97. The Bertz CT molecular complexity index is 912. The van der Waals surface area contributed by atoms with Crippen molar-refractivity contribution in [2.45, 2.75) is 6.04 Å². The first kappa shape index (κ1) is 12.8. The zero-order chi connectivity index (χ0) is 15.1. The van der Waals surface area contributed by atoms with Crippen molar-refractivity contribution < 1.29 is 4.79 Å². The smallest absolute Gasteiger partial charge is 0.295 e. The minimum Gasteiger partial charge on any atom is -0.328 e. The average molecular weight is 291 g/mol. The number of fused-ring (bicyclic) bond motifs is 2. The Hall–Kier alpha value is -2.86. The number of nitrogens with zero attached hydrogens (tertiary/aromatic N) is 4. The Labute approximate surface area is 126 Å². The summed E-state index contributed by atoms with van der Waals surface area (Å²) >= 11 is 0. The molecule has 1 aromatic carbocycles. The molecule has 0 saturated heterocycles. The van der Waals surface area contributed by atoms with Crippen LogP contribution in [0.25, 0.3) is 16.9 Å². The van der Waals surface area contributed by atoms with Crippen molar-refractivity contribution in [1.82, 2.24) is 9.38 Å². The molecule has 1 amide bonds. The molecule has 22 heavy (non-hydrogen) atoms. The first-order valence-corrected chi connectivity index (χ1v) is 6.99. The van der Waals surface area contributed by atoms with Crippen molar-refractivity contribution in [2.75, 3.05) is 6.54 Å². The van der Waals surface area contributed by atoms with Gasteiger partial charge in [0.2, 0.25) is 0 Å². The zero-order valence-corrected chi connectivity index (χ0v) is 11.7. The summed E-state index contributed by atoms with van der Waals surface area (Å²) in [6.45, 7) is 0.320. The molecule has 6 heteroatoms. The van der Waals surface area contributed by atoms with E-state index in [9.17, 15) is 4.79 Å². The number of hydrogen-bond acceptors (Lipinski definition) is 4. The lowest BCUT2D eigenvalue weighted by Crippen LogP contribution is -2.17. The molecule has 2 aromatic heterocycles. The van der Waals surface area contributed by atoms with E-state index in [0.717, 1.165) is 22.5 Å². The number of amides is 1. The lowest BCUT2D eigenvalue weighted by molar-refractivity contribution is 0.0985. The standard InChI is InChI=1S/C16H13N5O/c17-8-13-12-7-10(4-5-11(12)16(22)20-19-13)14-9-18-15-3-1-2-6-21(14)15/h1-7,9,13H,8,17H2. The molecule has 4 rings (SSSR count). The van der Waals surface area contributed by atoms with E-state index in [1.807, 2.05) is 47.1 Å². The Morgan fingerprint density at radius 2 is 2.14 bits per heavy atom.